The molecule has 0 saturated carbocycles. The monoisotopic (exact) mass is 275 g/mol. The van der Waals surface area contributed by atoms with Crippen LogP contribution in [0.3, 0.4) is 0 Å². The van der Waals surface area contributed by atoms with E-state index in [1.165, 1.54) is 31.2 Å². The zero-order valence-electron chi connectivity index (χ0n) is 11.3. The van der Waals surface area contributed by atoms with Crippen LogP contribution in [0.25, 0.3) is 0 Å². The quantitative estimate of drug-likeness (QED) is 0.839. The average molecular weight is 275 g/mol. The Balaban J connectivity index is 2.46. The second-order valence-electron chi connectivity index (χ2n) is 4.64. The van der Waals surface area contributed by atoms with E-state index >= 15 is 0 Å². The van der Waals surface area contributed by atoms with Crippen molar-refractivity contribution in [3.05, 3.63) is 71.3 Å². The van der Waals surface area contributed by atoms with Crippen molar-refractivity contribution in [3.8, 4) is 0 Å². The lowest BCUT2D eigenvalue weighted by molar-refractivity contribution is -0.129. The molecule has 4 heteroatoms. The number of halogens is 2. The number of hydrogen-bond donors (Lipinski definition) is 0. The largest absolute Gasteiger partial charge is 0.335 e. The van der Waals surface area contributed by atoms with Gasteiger partial charge in [-0.1, -0.05) is 24.3 Å². The molecule has 0 aliphatic rings. The number of hydrogen-bond acceptors (Lipinski definition) is 1. The van der Waals surface area contributed by atoms with Crippen molar-refractivity contribution in [2.24, 2.45) is 0 Å². The van der Waals surface area contributed by atoms with Gasteiger partial charge in [-0.3, -0.25) is 4.79 Å². The van der Waals surface area contributed by atoms with Gasteiger partial charge in [-0.05, 0) is 35.4 Å². The predicted octanol–water partition coefficient (Wildman–Crippen LogP) is 3.53. The lowest BCUT2D eigenvalue weighted by Crippen LogP contribution is -2.29. The minimum atomic E-state index is -0.367. The van der Waals surface area contributed by atoms with Gasteiger partial charge in [-0.15, -0.1) is 0 Å². The van der Waals surface area contributed by atoms with E-state index in [0.29, 0.717) is 0 Å². The number of rotatable bonds is 3. The van der Waals surface area contributed by atoms with Crippen molar-refractivity contribution in [2.75, 3.05) is 7.05 Å². The maximum Gasteiger partial charge on any atom is 0.219 e. The molecule has 0 bridgehead atoms. The molecular weight excluding hydrogens is 260 g/mol. The Labute approximate surface area is 116 Å². The third-order valence-electron chi connectivity index (χ3n) is 3.26. The first-order valence-corrected chi connectivity index (χ1v) is 6.23. The summed E-state index contributed by atoms with van der Waals surface area (Å²) < 4.78 is 26.1. The molecule has 0 N–H and O–H groups in total. The van der Waals surface area contributed by atoms with Crippen LogP contribution in [0, 0.1) is 11.6 Å². The molecule has 0 heterocycles. The fourth-order valence-corrected chi connectivity index (χ4v) is 2.11. The SMILES string of the molecule is CC(=O)N(C)C(c1ccc(F)cc1)c1ccc(F)cc1. The standard InChI is InChI=1S/C16H15F2NO/c1-11(20)19(2)16(12-3-7-14(17)8-4-12)13-5-9-15(18)10-6-13/h3-10,16H,1-2H3. The highest BCUT2D eigenvalue weighted by atomic mass is 19.1. The van der Waals surface area contributed by atoms with E-state index in [4.69, 9.17) is 0 Å². The molecule has 0 fully saturated rings. The van der Waals surface area contributed by atoms with Crippen molar-refractivity contribution in [3.63, 3.8) is 0 Å². The zero-order valence-corrected chi connectivity index (χ0v) is 11.3. The predicted molar refractivity (Wildman–Crippen MR) is 73.1 cm³/mol. The highest BCUT2D eigenvalue weighted by Gasteiger charge is 2.21. The number of benzene rings is 2. The van der Waals surface area contributed by atoms with Gasteiger partial charge in [-0.2, -0.15) is 0 Å². The van der Waals surface area contributed by atoms with Gasteiger partial charge >= 0.3 is 0 Å². The summed E-state index contributed by atoms with van der Waals surface area (Å²) >= 11 is 0. The van der Waals surface area contributed by atoms with Crippen LogP contribution in [0.1, 0.15) is 24.1 Å². The molecule has 0 spiro atoms. The Bertz CT molecular complexity index is 547. The highest BCUT2D eigenvalue weighted by Crippen LogP contribution is 2.28. The molecule has 20 heavy (non-hydrogen) atoms. The molecule has 2 rings (SSSR count). The summed E-state index contributed by atoms with van der Waals surface area (Å²) in [6.07, 6.45) is 0. The summed E-state index contributed by atoms with van der Waals surface area (Å²) in [5.74, 6) is -0.794. The van der Waals surface area contributed by atoms with Gasteiger partial charge in [0, 0.05) is 14.0 Å². The Hall–Kier alpha value is -2.23. The molecule has 0 aliphatic heterocycles. The zero-order chi connectivity index (χ0) is 14.7. The maximum absolute atomic E-state index is 13.0. The van der Waals surface area contributed by atoms with E-state index in [1.807, 2.05) is 0 Å². The van der Waals surface area contributed by atoms with Gasteiger partial charge < -0.3 is 4.90 Å². The van der Waals surface area contributed by atoms with E-state index in [0.717, 1.165) is 11.1 Å². The fraction of sp³-hybridized carbons (Fsp3) is 0.188. The number of nitrogens with zero attached hydrogens (tertiary/aromatic N) is 1. The lowest BCUT2D eigenvalue weighted by atomic mass is 9.97. The molecule has 2 aromatic rings. The van der Waals surface area contributed by atoms with Gasteiger partial charge in [0.25, 0.3) is 0 Å². The Morgan fingerprint density at radius 2 is 1.25 bits per heavy atom. The van der Waals surface area contributed by atoms with Crippen molar-refractivity contribution >= 4 is 5.91 Å². The molecule has 1 amide bonds. The summed E-state index contributed by atoms with van der Waals surface area (Å²) in [5, 5.41) is 0. The first-order chi connectivity index (χ1) is 9.49. The molecule has 0 radical (unpaired) electrons. The van der Waals surface area contributed by atoms with Crippen LogP contribution in [-0.4, -0.2) is 17.9 Å². The van der Waals surface area contributed by atoms with Crippen LogP contribution in [0.15, 0.2) is 48.5 Å². The molecule has 2 aromatic carbocycles. The first kappa shape index (κ1) is 14.2. The van der Waals surface area contributed by atoms with E-state index < -0.39 is 0 Å². The summed E-state index contributed by atoms with van der Waals surface area (Å²) in [5.41, 5.74) is 1.55. The third kappa shape index (κ3) is 3.02. The lowest BCUT2D eigenvalue weighted by Gasteiger charge is -2.28. The molecule has 0 saturated heterocycles. The normalized spacial score (nSPS) is 10.7. The Morgan fingerprint density at radius 1 is 0.900 bits per heavy atom. The van der Waals surface area contributed by atoms with Crippen molar-refractivity contribution < 1.29 is 13.6 Å². The van der Waals surface area contributed by atoms with E-state index in [1.54, 1.807) is 36.2 Å². The van der Waals surface area contributed by atoms with E-state index in [9.17, 15) is 13.6 Å². The molecule has 0 unspecified atom stereocenters. The van der Waals surface area contributed by atoms with Gasteiger partial charge in [0.05, 0.1) is 6.04 Å². The third-order valence-corrected chi connectivity index (χ3v) is 3.26. The van der Waals surface area contributed by atoms with Gasteiger partial charge in [0.1, 0.15) is 11.6 Å². The van der Waals surface area contributed by atoms with Gasteiger partial charge in [0.2, 0.25) is 5.91 Å². The van der Waals surface area contributed by atoms with E-state index in [2.05, 4.69) is 0 Å². The number of amides is 1. The summed E-state index contributed by atoms with van der Waals surface area (Å²) in [7, 11) is 1.67. The molecule has 2 nitrogen and oxygen atoms in total. The van der Waals surface area contributed by atoms with Crippen molar-refractivity contribution in [1.82, 2.24) is 4.90 Å². The second-order valence-corrected chi connectivity index (χ2v) is 4.64. The molecule has 104 valence electrons. The summed E-state index contributed by atoms with van der Waals surface area (Å²) in [4.78, 5) is 13.2. The smallest absolute Gasteiger partial charge is 0.219 e. The summed E-state index contributed by atoms with van der Waals surface area (Å²) in [6, 6.07) is 11.5. The van der Waals surface area contributed by atoms with Crippen LogP contribution in [0.4, 0.5) is 8.78 Å². The summed E-state index contributed by atoms with van der Waals surface area (Å²) in [6.45, 7) is 1.46. The van der Waals surface area contributed by atoms with Crippen LogP contribution >= 0.6 is 0 Å². The molecule has 0 atom stereocenters. The van der Waals surface area contributed by atoms with E-state index in [-0.39, 0.29) is 23.6 Å². The van der Waals surface area contributed by atoms with Crippen LogP contribution in [-0.2, 0) is 4.79 Å². The van der Waals surface area contributed by atoms with Crippen LogP contribution in [0.2, 0.25) is 0 Å². The Kier molecular flexibility index (Phi) is 4.13. The van der Waals surface area contributed by atoms with Crippen LogP contribution in [0.5, 0.6) is 0 Å². The molecular formula is C16H15F2NO. The first-order valence-electron chi connectivity index (χ1n) is 6.23. The maximum atomic E-state index is 13.0. The second kappa shape index (κ2) is 5.82. The molecule has 0 aliphatic carbocycles. The molecule has 0 aromatic heterocycles. The Morgan fingerprint density at radius 3 is 1.55 bits per heavy atom. The topological polar surface area (TPSA) is 20.3 Å². The fourth-order valence-electron chi connectivity index (χ4n) is 2.11. The van der Waals surface area contributed by atoms with Crippen molar-refractivity contribution in [2.45, 2.75) is 13.0 Å². The minimum absolute atomic E-state index is 0.122. The van der Waals surface area contributed by atoms with Crippen molar-refractivity contribution in [1.29, 1.82) is 0 Å². The van der Waals surface area contributed by atoms with Gasteiger partial charge in [0.15, 0.2) is 0 Å². The highest BCUT2D eigenvalue weighted by molar-refractivity contribution is 5.74. The average Bonchev–Trinajstić information content (AvgIpc) is 2.43. The number of carbonyl (C=O) groups is 1. The minimum Gasteiger partial charge on any atom is -0.335 e. The van der Waals surface area contributed by atoms with Gasteiger partial charge in [-0.25, -0.2) is 8.78 Å². The van der Waals surface area contributed by atoms with Crippen LogP contribution < -0.4 is 0 Å². The number of carbonyl (C=O) groups excluding carboxylic acids is 1.